The maximum atomic E-state index is 11.6. The number of rotatable bonds is 5. The predicted molar refractivity (Wildman–Crippen MR) is 67.7 cm³/mol. The van der Waals surface area contributed by atoms with E-state index in [4.69, 9.17) is 15.6 Å². The number of anilines is 2. The van der Waals surface area contributed by atoms with E-state index in [0.717, 1.165) is 5.69 Å². The predicted octanol–water partition coefficient (Wildman–Crippen LogP) is 0.966. The maximum Gasteiger partial charge on any atom is 0.338 e. The molecule has 0 bridgehead atoms. The van der Waals surface area contributed by atoms with Crippen LogP contribution in [0.15, 0.2) is 18.2 Å². The summed E-state index contributed by atoms with van der Waals surface area (Å²) < 4.78 is 4.81. The molecule has 98 valence electrons. The quantitative estimate of drug-likeness (QED) is 0.599. The highest BCUT2D eigenvalue weighted by Crippen LogP contribution is 2.22. The molecule has 6 nitrogen and oxygen atoms in total. The van der Waals surface area contributed by atoms with Crippen LogP contribution < -0.4 is 10.6 Å². The SMILES string of the molecule is CN(C)c1ccc(C(=O)OCCC(=O)O)cc1N. The van der Waals surface area contributed by atoms with Crippen molar-refractivity contribution in [1.29, 1.82) is 0 Å². The molecular formula is C12H16N2O4. The Labute approximate surface area is 105 Å². The van der Waals surface area contributed by atoms with Gasteiger partial charge in [0.2, 0.25) is 0 Å². The zero-order valence-corrected chi connectivity index (χ0v) is 10.3. The number of nitrogen functional groups attached to an aromatic ring is 1. The van der Waals surface area contributed by atoms with Gasteiger partial charge in [-0.25, -0.2) is 4.79 Å². The lowest BCUT2D eigenvalue weighted by Gasteiger charge is -2.15. The second-order valence-corrected chi connectivity index (χ2v) is 3.95. The van der Waals surface area contributed by atoms with E-state index in [2.05, 4.69) is 0 Å². The number of carboxylic acid groups (broad SMARTS) is 1. The van der Waals surface area contributed by atoms with Gasteiger partial charge >= 0.3 is 11.9 Å². The van der Waals surface area contributed by atoms with Crippen LogP contribution in [0.1, 0.15) is 16.8 Å². The first-order valence-corrected chi connectivity index (χ1v) is 5.37. The van der Waals surface area contributed by atoms with E-state index in [1.54, 1.807) is 12.1 Å². The average molecular weight is 252 g/mol. The van der Waals surface area contributed by atoms with Gasteiger partial charge < -0.3 is 20.5 Å². The Morgan fingerprint density at radius 1 is 1.39 bits per heavy atom. The summed E-state index contributed by atoms with van der Waals surface area (Å²) in [5.74, 6) is -1.58. The van der Waals surface area contributed by atoms with Gasteiger partial charge in [0.25, 0.3) is 0 Å². The molecule has 6 heteroatoms. The largest absolute Gasteiger partial charge is 0.481 e. The van der Waals surface area contributed by atoms with Crippen LogP contribution >= 0.6 is 0 Å². The van der Waals surface area contributed by atoms with Crippen molar-refractivity contribution in [2.45, 2.75) is 6.42 Å². The summed E-state index contributed by atoms with van der Waals surface area (Å²) in [7, 11) is 3.69. The Morgan fingerprint density at radius 3 is 2.56 bits per heavy atom. The van der Waals surface area contributed by atoms with Crippen molar-refractivity contribution in [3.8, 4) is 0 Å². The van der Waals surface area contributed by atoms with Gasteiger partial charge in [0, 0.05) is 14.1 Å². The lowest BCUT2D eigenvalue weighted by Crippen LogP contribution is -2.13. The van der Waals surface area contributed by atoms with Crippen molar-refractivity contribution >= 4 is 23.3 Å². The number of carbonyl (C=O) groups is 2. The van der Waals surface area contributed by atoms with Crippen LogP contribution in [0, 0.1) is 0 Å². The number of nitrogens with two attached hydrogens (primary N) is 1. The van der Waals surface area contributed by atoms with Crippen molar-refractivity contribution in [2.75, 3.05) is 31.3 Å². The summed E-state index contributed by atoms with van der Waals surface area (Å²) in [6.07, 6.45) is -0.211. The molecule has 0 aliphatic heterocycles. The van der Waals surface area contributed by atoms with Gasteiger partial charge in [-0.05, 0) is 18.2 Å². The van der Waals surface area contributed by atoms with Crippen LogP contribution in [0.5, 0.6) is 0 Å². The van der Waals surface area contributed by atoms with Gasteiger partial charge in [0.15, 0.2) is 0 Å². The molecular weight excluding hydrogens is 236 g/mol. The second kappa shape index (κ2) is 5.90. The molecule has 0 saturated heterocycles. The Balaban J connectivity index is 2.69. The van der Waals surface area contributed by atoms with E-state index >= 15 is 0 Å². The number of carboxylic acids is 1. The number of esters is 1. The molecule has 18 heavy (non-hydrogen) atoms. The van der Waals surface area contributed by atoms with Crippen LogP contribution in [0.3, 0.4) is 0 Å². The fourth-order valence-electron chi connectivity index (χ4n) is 1.40. The third kappa shape index (κ3) is 3.65. The average Bonchev–Trinajstić information content (AvgIpc) is 2.27. The van der Waals surface area contributed by atoms with Crippen molar-refractivity contribution in [3.05, 3.63) is 23.8 Å². The van der Waals surface area contributed by atoms with Crippen LogP contribution in [0.2, 0.25) is 0 Å². The first-order chi connectivity index (χ1) is 8.41. The van der Waals surface area contributed by atoms with Crippen LogP contribution in [0.25, 0.3) is 0 Å². The van der Waals surface area contributed by atoms with Gasteiger partial charge in [-0.15, -0.1) is 0 Å². The molecule has 0 aliphatic carbocycles. The number of hydrogen-bond acceptors (Lipinski definition) is 5. The molecule has 0 heterocycles. The third-order valence-electron chi connectivity index (χ3n) is 2.29. The zero-order chi connectivity index (χ0) is 13.7. The lowest BCUT2D eigenvalue weighted by molar-refractivity contribution is -0.137. The van der Waals surface area contributed by atoms with E-state index in [9.17, 15) is 9.59 Å². The van der Waals surface area contributed by atoms with Crippen LogP contribution in [0.4, 0.5) is 11.4 Å². The third-order valence-corrected chi connectivity index (χ3v) is 2.29. The van der Waals surface area contributed by atoms with E-state index in [0.29, 0.717) is 11.3 Å². The molecule has 0 atom stereocenters. The monoisotopic (exact) mass is 252 g/mol. The highest BCUT2D eigenvalue weighted by molar-refractivity contribution is 5.92. The number of carbonyl (C=O) groups excluding carboxylic acids is 1. The molecule has 0 spiro atoms. The molecule has 0 unspecified atom stereocenters. The second-order valence-electron chi connectivity index (χ2n) is 3.95. The summed E-state index contributed by atoms with van der Waals surface area (Å²) in [5, 5.41) is 8.42. The van der Waals surface area contributed by atoms with E-state index in [1.165, 1.54) is 6.07 Å². The van der Waals surface area contributed by atoms with Gasteiger partial charge in [0.05, 0.1) is 23.4 Å². The minimum Gasteiger partial charge on any atom is -0.481 e. The molecule has 0 saturated carbocycles. The topological polar surface area (TPSA) is 92.9 Å². The van der Waals surface area contributed by atoms with E-state index < -0.39 is 11.9 Å². The van der Waals surface area contributed by atoms with Crippen molar-refractivity contribution in [3.63, 3.8) is 0 Å². The van der Waals surface area contributed by atoms with Crippen molar-refractivity contribution in [1.82, 2.24) is 0 Å². The maximum absolute atomic E-state index is 11.6. The van der Waals surface area contributed by atoms with Crippen LogP contribution in [-0.4, -0.2) is 37.7 Å². The summed E-state index contributed by atoms with van der Waals surface area (Å²) in [6.45, 7) is -0.149. The Kier molecular flexibility index (Phi) is 4.53. The van der Waals surface area contributed by atoms with Gasteiger partial charge in [-0.1, -0.05) is 0 Å². The molecule has 0 radical (unpaired) electrons. The number of hydrogen-bond donors (Lipinski definition) is 2. The molecule has 0 aliphatic rings. The molecule has 1 rings (SSSR count). The van der Waals surface area contributed by atoms with E-state index in [1.807, 2.05) is 19.0 Å². The summed E-state index contributed by atoms with van der Waals surface area (Å²) in [5.41, 5.74) is 7.37. The Hall–Kier alpha value is -2.24. The van der Waals surface area contributed by atoms with Crippen molar-refractivity contribution in [2.24, 2.45) is 0 Å². The molecule has 0 aromatic heterocycles. The highest BCUT2D eigenvalue weighted by Gasteiger charge is 2.11. The van der Waals surface area contributed by atoms with Crippen LogP contribution in [-0.2, 0) is 9.53 Å². The first-order valence-electron chi connectivity index (χ1n) is 5.37. The van der Waals surface area contributed by atoms with Gasteiger partial charge in [-0.3, -0.25) is 4.79 Å². The molecule has 0 amide bonds. The standard InChI is InChI=1S/C12H16N2O4/c1-14(2)10-4-3-8(7-9(10)13)12(17)18-6-5-11(15)16/h3-4,7H,5-6,13H2,1-2H3,(H,15,16). The first kappa shape index (κ1) is 13.8. The molecule has 1 aromatic carbocycles. The number of aliphatic carboxylic acids is 1. The molecule has 1 aromatic rings. The smallest absolute Gasteiger partial charge is 0.338 e. The summed E-state index contributed by atoms with van der Waals surface area (Å²) >= 11 is 0. The zero-order valence-electron chi connectivity index (χ0n) is 10.3. The van der Waals surface area contributed by atoms with E-state index in [-0.39, 0.29) is 13.0 Å². The minimum absolute atomic E-state index is 0.149. The Bertz CT molecular complexity index is 457. The lowest BCUT2D eigenvalue weighted by atomic mass is 10.1. The molecule has 3 N–H and O–H groups in total. The normalized spacial score (nSPS) is 9.89. The number of ether oxygens (including phenoxy) is 1. The molecule has 0 fully saturated rings. The van der Waals surface area contributed by atoms with Gasteiger partial charge in [-0.2, -0.15) is 0 Å². The summed E-state index contributed by atoms with van der Waals surface area (Å²) in [6, 6.07) is 4.82. The summed E-state index contributed by atoms with van der Waals surface area (Å²) in [4.78, 5) is 23.7. The van der Waals surface area contributed by atoms with Crippen molar-refractivity contribution < 1.29 is 19.4 Å². The van der Waals surface area contributed by atoms with Gasteiger partial charge in [0.1, 0.15) is 6.61 Å². The highest BCUT2D eigenvalue weighted by atomic mass is 16.5. The fourth-order valence-corrected chi connectivity index (χ4v) is 1.40. The number of benzene rings is 1. The minimum atomic E-state index is -1.01. The fraction of sp³-hybridized carbons (Fsp3) is 0.333. The number of nitrogens with zero attached hydrogens (tertiary/aromatic N) is 1. The Morgan fingerprint density at radius 2 is 2.06 bits per heavy atom.